The molecule has 1 N–H and O–H groups in total. The number of hydrogen-bond donors (Lipinski definition) is 1. The normalized spacial score (nSPS) is 11.0. The van der Waals surface area contributed by atoms with E-state index in [-0.39, 0.29) is 5.75 Å². The van der Waals surface area contributed by atoms with Crippen LogP contribution in [0.3, 0.4) is 0 Å². The number of hydrogen-bond acceptors (Lipinski definition) is 5. The van der Waals surface area contributed by atoms with Gasteiger partial charge in [-0.05, 0) is 35.9 Å². The fourth-order valence-electron chi connectivity index (χ4n) is 2.02. The Morgan fingerprint density at radius 2 is 1.79 bits per heavy atom. The van der Waals surface area contributed by atoms with Gasteiger partial charge in [0.05, 0.1) is 36.2 Å². The van der Waals surface area contributed by atoms with Gasteiger partial charge in [-0.2, -0.15) is 0 Å². The fourth-order valence-corrected chi connectivity index (χ4v) is 3.47. The van der Waals surface area contributed by atoms with Crippen molar-refractivity contribution in [3.8, 4) is 5.75 Å². The van der Waals surface area contributed by atoms with Crippen LogP contribution in [0.15, 0.2) is 42.5 Å². The Hall–Kier alpha value is -2.25. The highest BCUT2D eigenvalue weighted by Crippen LogP contribution is 2.27. The molecule has 0 aromatic heterocycles. The van der Waals surface area contributed by atoms with Crippen molar-refractivity contribution in [2.45, 2.75) is 5.75 Å². The number of rotatable bonds is 6. The molecule has 128 valence electrons. The molecule has 2 aromatic rings. The van der Waals surface area contributed by atoms with E-state index in [1.807, 2.05) is 0 Å². The van der Waals surface area contributed by atoms with Crippen LogP contribution in [-0.4, -0.2) is 28.6 Å². The molecule has 0 spiro atoms. The number of carbonyl (C=O) groups is 1. The van der Waals surface area contributed by atoms with Crippen LogP contribution in [-0.2, 0) is 20.5 Å². The lowest BCUT2D eigenvalue weighted by Crippen LogP contribution is -2.15. The second-order valence-corrected chi connectivity index (χ2v) is 7.03. The van der Waals surface area contributed by atoms with Crippen LogP contribution in [0.25, 0.3) is 0 Å². The number of halogens is 1. The van der Waals surface area contributed by atoms with Gasteiger partial charge >= 0.3 is 5.97 Å². The first kappa shape index (κ1) is 18.1. The number of nitrogens with one attached hydrogen (secondary N) is 1. The van der Waals surface area contributed by atoms with E-state index >= 15 is 0 Å². The van der Waals surface area contributed by atoms with Crippen molar-refractivity contribution in [1.29, 1.82) is 0 Å². The molecule has 8 heteroatoms. The van der Waals surface area contributed by atoms with E-state index in [9.17, 15) is 13.2 Å². The van der Waals surface area contributed by atoms with E-state index in [0.29, 0.717) is 27.6 Å². The number of carbonyl (C=O) groups excluding carboxylic acids is 1. The van der Waals surface area contributed by atoms with Crippen molar-refractivity contribution in [3.05, 3.63) is 58.6 Å². The first-order valence-electron chi connectivity index (χ1n) is 6.86. The average molecular weight is 370 g/mol. The Balaban J connectivity index is 2.11. The van der Waals surface area contributed by atoms with Crippen molar-refractivity contribution in [3.63, 3.8) is 0 Å². The Labute approximate surface area is 145 Å². The summed E-state index contributed by atoms with van der Waals surface area (Å²) in [5.74, 6) is -0.258. The number of sulfonamides is 1. The van der Waals surface area contributed by atoms with Crippen LogP contribution in [0, 0.1) is 0 Å². The topological polar surface area (TPSA) is 81.7 Å². The maximum Gasteiger partial charge on any atom is 0.337 e. The van der Waals surface area contributed by atoms with Gasteiger partial charge in [0.2, 0.25) is 10.0 Å². The Kier molecular flexibility index (Phi) is 5.69. The summed E-state index contributed by atoms with van der Waals surface area (Å²) in [4.78, 5) is 11.4. The molecule has 0 bridgehead atoms. The first-order valence-corrected chi connectivity index (χ1v) is 8.89. The summed E-state index contributed by atoms with van der Waals surface area (Å²) in [6.07, 6.45) is 0. The van der Waals surface area contributed by atoms with Crippen LogP contribution in [0.5, 0.6) is 5.75 Å². The van der Waals surface area contributed by atoms with E-state index in [1.165, 1.54) is 32.4 Å². The molecular formula is C16H16ClNO5S. The minimum atomic E-state index is -3.63. The zero-order valence-corrected chi connectivity index (χ0v) is 14.6. The molecule has 0 aliphatic heterocycles. The van der Waals surface area contributed by atoms with Crippen LogP contribution in [0.2, 0.25) is 5.02 Å². The largest absolute Gasteiger partial charge is 0.495 e. The predicted octanol–water partition coefficient (Wildman–Crippen LogP) is 3.08. The molecular weight excluding hydrogens is 354 g/mol. The summed E-state index contributed by atoms with van der Waals surface area (Å²) < 4.78 is 36.5. The minimum Gasteiger partial charge on any atom is -0.495 e. The second kappa shape index (κ2) is 7.55. The van der Waals surface area contributed by atoms with E-state index in [0.717, 1.165) is 0 Å². The maximum atomic E-state index is 12.2. The monoisotopic (exact) mass is 369 g/mol. The van der Waals surface area contributed by atoms with Gasteiger partial charge in [0, 0.05) is 0 Å². The van der Waals surface area contributed by atoms with E-state index in [4.69, 9.17) is 16.3 Å². The molecule has 0 aliphatic rings. The molecule has 0 saturated carbocycles. The third-order valence-corrected chi connectivity index (χ3v) is 4.71. The molecule has 0 saturated heterocycles. The average Bonchev–Trinajstić information content (AvgIpc) is 2.54. The lowest BCUT2D eigenvalue weighted by molar-refractivity contribution is 0.0600. The van der Waals surface area contributed by atoms with Crippen molar-refractivity contribution < 1.29 is 22.7 Å². The lowest BCUT2D eigenvalue weighted by atomic mass is 10.1. The summed E-state index contributed by atoms with van der Waals surface area (Å²) in [5, 5.41) is 0.306. The maximum absolute atomic E-state index is 12.2. The van der Waals surface area contributed by atoms with Crippen LogP contribution < -0.4 is 9.46 Å². The van der Waals surface area contributed by atoms with E-state index in [1.54, 1.807) is 24.3 Å². The fraction of sp³-hybridized carbons (Fsp3) is 0.188. The summed E-state index contributed by atoms with van der Waals surface area (Å²) >= 11 is 5.98. The predicted molar refractivity (Wildman–Crippen MR) is 92.0 cm³/mol. The summed E-state index contributed by atoms with van der Waals surface area (Å²) in [6.45, 7) is 0. The highest BCUT2D eigenvalue weighted by atomic mass is 35.5. The molecule has 0 amide bonds. The molecule has 0 aliphatic carbocycles. The van der Waals surface area contributed by atoms with Gasteiger partial charge in [-0.25, -0.2) is 13.2 Å². The molecule has 0 unspecified atom stereocenters. The van der Waals surface area contributed by atoms with E-state index in [2.05, 4.69) is 9.46 Å². The Morgan fingerprint density at radius 1 is 1.12 bits per heavy atom. The molecule has 0 heterocycles. The standard InChI is InChI=1S/C16H16ClNO5S/c1-22-15-8-7-13(9-14(15)17)18-24(20,21)10-11-3-5-12(6-4-11)16(19)23-2/h3-9,18H,10H2,1-2H3. The zero-order valence-electron chi connectivity index (χ0n) is 13.1. The Bertz CT molecular complexity index is 834. The minimum absolute atomic E-state index is 0.238. The number of anilines is 1. The number of benzene rings is 2. The third-order valence-electron chi connectivity index (χ3n) is 3.16. The van der Waals surface area contributed by atoms with Crippen LogP contribution in [0.1, 0.15) is 15.9 Å². The number of ether oxygens (including phenoxy) is 2. The molecule has 0 atom stereocenters. The quantitative estimate of drug-likeness (QED) is 0.791. The summed E-state index contributed by atoms with van der Waals surface area (Å²) in [5.41, 5.74) is 1.23. The lowest BCUT2D eigenvalue weighted by Gasteiger charge is -2.10. The van der Waals surface area contributed by atoms with Gasteiger partial charge in [-0.15, -0.1) is 0 Å². The SMILES string of the molecule is COC(=O)c1ccc(CS(=O)(=O)Nc2ccc(OC)c(Cl)c2)cc1. The van der Waals surface area contributed by atoms with Crippen molar-refractivity contribution in [1.82, 2.24) is 0 Å². The summed E-state index contributed by atoms with van der Waals surface area (Å²) in [7, 11) is -0.871. The van der Waals surface area contributed by atoms with Crippen LogP contribution >= 0.6 is 11.6 Å². The molecule has 2 aromatic carbocycles. The second-order valence-electron chi connectivity index (χ2n) is 4.90. The highest BCUT2D eigenvalue weighted by molar-refractivity contribution is 7.91. The van der Waals surface area contributed by atoms with Gasteiger partial charge in [0.15, 0.2) is 0 Å². The van der Waals surface area contributed by atoms with Gasteiger partial charge in [-0.1, -0.05) is 23.7 Å². The van der Waals surface area contributed by atoms with Crippen molar-refractivity contribution >= 4 is 33.3 Å². The van der Waals surface area contributed by atoms with Gasteiger partial charge in [0.25, 0.3) is 0 Å². The zero-order chi connectivity index (χ0) is 17.7. The molecule has 0 fully saturated rings. The Morgan fingerprint density at radius 3 is 2.33 bits per heavy atom. The third kappa shape index (κ3) is 4.62. The van der Waals surface area contributed by atoms with Crippen molar-refractivity contribution in [2.75, 3.05) is 18.9 Å². The van der Waals surface area contributed by atoms with E-state index < -0.39 is 16.0 Å². The van der Waals surface area contributed by atoms with Crippen molar-refractivity contribution in [2.24, 2.45) is 0 Å². The smallest absolute Gasteiger partial charge is 0.337 e. The number of methoxy groups -OCH3 is 2. The van der Waals surface area contributed by atoms with Crippen LogP contribution in [0.4, 0.5) is 5.69 Å². The molecule has 24 heavy (non-hydrogen) atoms. The number of esters is 1. The van der Waals surface area contributed by atoms with Gasteiger partial charge in [-0.3, -0.25) is 4.72 Å². The van der Waals surface area contributed by atoms with Gasteiger partial charge in [0.1, 0.15) is 5.75 Å². The van der Waals surface area contributed by atoms with Gasteiger partial charge < -0.3 is 9.47 Å². The first-order chi connectivity index (χ1) is 11.3. The highest BCUT2D eigenvalue weighted by Gasteiger charge is 2.14. The summed E-state index contributed by atoms with van der Waals surface area (Å²) in [6, 6.07) is 10.8. The molecule has 0 radical (unpaired) electrons. The molecule has 6 nitrogen and oxygen atoms in total. The molecule has 2 rings (SSSR count).